The number of benzene rings is 1. The Hall–Kier alpha value is -2.70. The van der Waals surface area contributed by atoms with Crippen molar-refractivity contribution in [3.8, 4) is 0 Å². The molecule has 1 aromatic carbocycles. The first-order valence-corrected chi connectivity index (χ1v) is 6.85. The largest absolute Gasteiger partial charge is 0.548 e. The Balaban J connectivity index is 2.45. The van der Waals surface area contributed by atoms with E-state index < -0.39 is 24.5 Å². The van der Waals surface area contributed by atoms with Crippen LogP contribution < -0.4 is 16.0 Å². The second-order valence-electron chi connectivity index (χ2n) is 5.25. The zero-order chi connectivity index (χ0) is 16.3. The molecule has 1 N–H and O–H groups in total. The Morgan fingerprint density at radius 1 is 1.32 bits per heavy atom. The van der Waals surface area contributed by atoms with Crippen LogP contribution in [0.3, 0.4) is 0 Å². The third kappa shape index (κ3) is 3.13. The lowest BCUT2D eigenvalue weighted by molar-refractivity contribution is -0.304. The summed E-state index contributed by atoms with van der Waals surface area (Å²) in [5.74, 6) is -2.17. The average molecular weight is 302 g/mol. The van der Waals surface area contributed by atoms with Crippen LogP contribution in [0.1, 0.15) is 19.9 Å². The van der Waals surface area contributed by atoms with Gasteiger partial charge in [0.05, 0.1) is 29.7 Å². The maximum atomic E-state index is 12.5. The van der Waals surface area contributed by atoms with Crippen molar-refractivity contribution in [3.05, 3.63) is 40.9 Å². The fourth-order valence-electron chi connectivity index (χ4n) is 2.30. The predicted molar refractivity (Wildman–Crippen MR) is 77.9 cm³/mol. The molecule has 1 amide bonds. The SMILES string of the molecule is CC(C)[C@@H](C(=O)NCC(=O)[O-])n1cnc2ccccc2c1=O. The maximum absolute atomic E-state index is 12.5. The molecule has 1 aromatic heterocycles. The number of para-hydroxylation sites is 1. The molecule has 0 fully saturated rings. The quantitative estimate of drug-likeness (QED) is 0.798. The van der Waals surface area contributed by atoms with E-state index in [1.54, 1.807) is 38.1 Å². The number of aliphatic carboxylic acids is 1. The average Bonchev–Trinajstić information content (AvgIpc) is 2.47. The van der Waals surface area contributed by atoms with Crippen LogP contribution in [-0.2, 0) is 9.59 Å². The molecule has 1 atom stereocenters. The van der Waals surface area contributed by atoms with Gasteiger partial charge in [-0.2, -0.15) is 0 Å². The molecule has 2 aromatic rings. The fourth-order valence-corrected chi connectivity index (χ4v) is 2.30. The molecule has 2 rings (SSSR count). The molecule has 0 spiro atoms. The maximum Gasteiger partial charge on any atom is 0.261 e. The highest BCUT2D eigenvalue weighted by Gasteiger charge is 2.25. The number of aromatic nitrogens is 2. The van der Waals surface area contributed by atoms with Gasteiger partial charge >= 0.3 is 0 Å². The van der Waals surface area contributed by atoms with Crippen molar-refractivity contribution in [2.45, 2.75) is 19.9 Å². The molecular weight excluding hydrogens is 286 g/mol. The topological polar surface area (TPSA) is 104 Å². The summed E-state index contributed by atoms with van der Waals surface area (Å²) in [5.41, 5.74) is 0.203. The van der Waals surface area contributed by atoms with E-state index in [1.165, 1.54) is 10.9 Å². The molecule has 0 aliphatic heterocycles. The number of carbonyl (C=O) groups excluding carboxylic acids is 2. The normalized spacial score (nSPS) is 12.3. The van der Waals surface area contributed by atoms with Crippen LogP contribution in [0.15, 0.2) is 35.4 Å². The smallest absolute Gasteiger partial charge is 0.261 e. The molecule has 22 heavy (non-hydrogen) atoms. The molecule has 1 heterocycles. The number of carbonyl (C=O) groups is 2. The van der Waals surface area contributed by atoms with Gasteiger partial charge in [-0.05, 0) is 18.1 Å². The molecular formula is C15H16N3O4-. The van der Waals surface area contributed by atoms with Gasteiger partial charge in [0, 0.05) is 0 Å². The summed E-state index contributed by atoms with van der Waals surface area (Å²) in [6.07, 6.45) is 1.31. The van der Waals surface area contributed by atoms with E-state index in [4.69, 9.17) is 0 Å². The molecule has 7 heteroatoms. The Labute approximate surface area is 126 Å². The molecule has 0 unspecified atom stereocenters. The Morgan fingerprint density at radius 2 is 2.00 bits per heavy atom. The van der Waals surface area contributed by atoms with Crippen molar-refractivity contribution in [1.29, 1.82) is 0 Å². The highest BCUT2D eigenvalue weighted by atomic mass is 16.4. The summed E-state index contributed by atoms with van der Waals surface area (Å²) in [7, 11) is 0. The van der Waals surface area contributed by atoms with Crippen LogP contribution in [0, 0.1) is 5.92 Å². The third-order valence-corrected chi connectivity index (χ3v) is 3.30. The van der Waals surface area contributed by atoms with Crippen LogP contribution in [0.2, 0.25) is 0 Å². The monoisotopic (exact) mass is 302 g/mol. The van der Waals surface area contributed by atoms with Gasteiger partial charge in [0.2, 0.25) is 5.91 Å². The summed E-state index contributed by atoms with van der Waals surface area (Å²) in [6.45, 7) is 2.94. The van der Waals surface area contributed by atoms with Crippen molar-refractivity contribution in [3.63, 3.8) is 0 Å². The van der Waals surface area contributed by atoms with Crippen LogP contribution in [0.4, 0.5) is 0 Å². The van der Waals surface area contributed by atoms with Crippen LogP contribution in [0.5, 0.6) is 0 Å². The predicted octanol–water partition coefficient (Wildman–Crippen LogP) is -0.540. The standard InChI is InChI=1S/C15H17N3O4/c1-9(2)13(14(21)16-7-12(19)20)18-8-17-11-6-4-3-5-10(11)15(18)22/h3-6,8-9,13H,7H2,1-2H3,(H,16,21)(H,19,20)/p-1/t13-/m0/s1. The van der Waals surface area contributed by atoms with Crippen molar-refractivity contribution in [2.24, 2.45) is 5.92 Å². The lowest BCUT2D eigenvalue weighted by atomic mass is 10.0. The Kier molecular flexibility index (Phi) is 4.55. The van der Waals surface area contributed by atoms with E-state index in [1.807, 2.05) is 0 Å². The second-order valence-corrected chi connectivity index (χ2v) is 5.25. The second kappa shape index (κ2) is 6.38. The van der Waals surface area contributed by atoms with Gasteiger partial charge in [-0.15, -0.1) is 0 Å². The van der Waals surface area contributed by atoms with E-state index in [-0.39, 0.29) is 11.5 Å². The van der Waals surface area contributed by atoms with Crippen molar-refractivity contribution in [1.82, 2.24) is 14.9 Å². The first kappa shape index (κ1) is 15.7. The first-order chi connectivity index (χ1) is 10.4. The van der Waals surface area contributed by atoms with E-state index in [0.29, 0.717) is 10.9 Å². The molecule has 0 aliphatic rings. The number of nitrogens with zero attached hydrogens (tertiary/aromatic N) is 2. The minimum absolute atomic E-state index is 0.220. The summed E-state index contributed by atoms with van der Waals surface area (Å²) >= 11 is 0. The number of hydrogen-bond donors (Lipinski definition) is 1. The molecule has 0 radical (unpaired) electrons. The van der Waals surface area contributed by atoms with Gasteiger partial charge in [0.1, 0.15) is 6.04 Å². The number of fused-ring (bicyclic) bond motifs is 1. The van der Waals surface area contributed by atoms with E-state index >= 15 is 0 Å². The number of nitrogens with one attached hydrogen (secondary N) is 1. The summed E-state index contributed by atoms with van der Waals surface area (Å²) in [4.78, 5) is 39.4. The fraction of sp³-hybridized carbons (Fsp3) is 0.333. The highest BCUT2D eigenvalue weighted by molar-refractivity contribution is 5.84. The van der Waals surface area contributed by atoms with Gasteiger partial charge in [-0.1, -0.05) is 26.0 Å². The minimum atomic E-state index is -1.39. The van der Waals surface area contributed by atoms with Crippen LogP contribution in [0.25, 0.3) is 10.9 Å². The Bertz CT molecular complexity index is 767. The molecule has 0 saturated heterocycles. The van der Waals surface area contributed by atoms with Gasteiger partial charge in [0.15, 0.2) is 0 Å². The Morgan fingerprint density at radius 3 is 2.64 bits per heavy atom. The number of carboxylic acids is 1. The number of hydrogen-bond acceptors (Lipinski definition) is 5. The minimum Gasteiger partial charge on any atom is -0.548 e. The number of rotatable bonds is 5. The lowest BCUT2D eigenvalue weighted by Crippen LogP contribution is -2.44. The summed E-state index contributed by atoms with van der Waals surface area (Å²) in [5, 5.41) is 13.1. The van der Waals surface area contributed by atoms with Crippen LogP contribution in [-0.4, -0.2) is 28.0 Å². The molecule has 0 bridgehead atoms. The zero-order valence-electron chi connectivity index (χ0n) is 12.3. The lowest BCUT2D eigenvalue weighted by Gasteiger charge is -2.22. The summed E-state index contributed by atoms with van der Waals surface area (Å²) in [6, 6.07) is 5.99. The van der Waals surface area contributed by atoms with E-state index in [9.17, 15) is 19.5 Å². The molecule has 7 nitrogen and oxygen atoms in total. The third-order valence-electron chi connectivity index (χ3n) is 3.30. The van der Waals surface area contributed by atoms with Crippen molar-refractivity contribution in [2.75, 3.05) is 6.54 Å². The number of amides is 1. The molecule has 116 valence electrons. The van der Waals surface area contributed by atoms with Gasteiger partial charge < -0.3 is 15.2 Å². The summed E-state index contributed by atoms with van der Waals surface area (Å²) < 4.78 is 1.23. The van der Waals surface area contributed by atoms with Gasteiger partial charge in [-0.3, -0.25) is 14.2 Å². The zero-order valence-corrected chi connectivity index (χ0v) is 12.3. The number of carboxylic acid groups (broad SMARTS) is 1. The van der Waals surface area contributed by atoms with Crippen molar-refractivity contribution >= 4 is 22.8 Å². The van der Waals surface area contributed by atoms with Crippen molar-refractivity contribution < 1.29 is 14.7 Å². The van der Waals surface area contributed by atoms with Gasteiger partial charge in [-0.25, -0.2) is 4.98 Å². The van der Waals surface area contributed by atoms with Gasteiger partial charge in [0.25, 0.3) is 5.56 Å². The van der Waals surface area contributed by atoms with E-state index in [0.717, 1.165) is 0 Å². The van der Waals surface area contributed by atoms with Crippen LogP contribution >= 0.6 is 0 Å². The highest BCUT2D eigenvalue weighted by Crippen LogP contribution is 2.17. The first-order valence-electron chi connectivity index (χ1n) is 6.85. The molecule has 0 aliphatic carbocycles. The molecule has 0 saturated carbocycles. The van der Waals surface area contributed by atoms with E-state index in [2.05, 4.69) is 10.3 Å².